The van der Waals surface area contributed by atoms with Crippen molar-refractivity contribution in [2.24, 2.45) is 5.73 Å². The molecule has 0 saturated carbocycles. The van der Waals surface area contributed by atoms with Gasteiger partial charge in [0.05, 0.1) is 0 Å². The summed E-state index contributed by atoms with van der Waals surface area (Å²) >= 11 is 0. The molecule has 2 unspecified atom stereocenters. The molecule has 2 atom stereocenters. The number of hydrogen-bond acceptors (Lipinski definition) is 3. The minimum Gasteiger partial charge on any atom is -0.324 e. The number of urea groups is 1. The summed E-state index contributed by atoms with van der Waals surface area (Å²) in [4.78, 5) is 16.8. The first kappa shape index (κ1) is 14.4. The molecule has 1 aromatic rings. The van der Waals surface area contributed by atoms with E-state index in [-0.39, 0.29) is 12.1 Å². The van der Waals surface area contributed by atoms with Gasteiger partial charge < -0.3 is 16.0 Å². The van der Waals surface area contributed by atoms with Crippen molar-refractivity contribution in [2.45, 2.75) is 31.8 Å². The zero-order valence-electron chi connectivity index (χ0n) is 12.6. The Morgan fingerprint density at radius 2 is 2.05 bits per heavy atom. The molecule has 21 heavy (non-hydrogen) atoms. The SMILES string of the molecule is CC(N)c1ccc(NC(=O)N2CCN3CCCC3C2)cc1. The fraction of sp³-hybridized carbons (Fsp3) is 0.562. The summed E-state index contributed by atoms with van der Waals surface area (Å²) in [5.74, 6) is 0. The van der Waals surface area contributed by atoms with Gasteiger partial charge in [-0.3, -0.25) is 4.90 Å². The topological polar surface area (TPSA) is 61.6 Å². The molecule has 0 aromatic heterocycles. The average Bonchev–Trinajstić information content (AvgIpc) is 2.95. The summed E-state index contributed by atoms with van der Waals surface area (Å²) in [5, 5.41) is 2.99. The highest BCUT2D eigenvalue weighted by atomic mass is 16.2. The van der Waals surface area contributed by atoms with Gasteiger partial charge in [0.15, 0.2) is 0 Å². The van der Waals surface area contributed by atoms with Crippen LogP contribution in [0.4, 0.5) is 10.5 Å². The van der Waals surface area contributed by atoms with Gasteiger partial charge in [0, 0.05) is 37.4 Å². The van der Waals surface area contributed by atoms with Gasteiger partial charge in [-0.15, -0.1) is 0 Å². The number of carbonyl (C=O) groups is 1. The van der Waals surface area contributed by atoms with Crippen molar-refractivity contribution in [3.8, 4) is 0 Å². The molecule has 2 saturated heterocycles. The van der Waals surface area contributed by atoms with Crippen LogP contribution in [-0.4, -0.2) is 48.1 Å². The molecule has 3 rings (SSSR count). The predicted octanol–water partition coefficient (Wildman–Crippen LogP) is 2.02. The maximum absolute atomic E-state index is 12.3. The highest BCUT2D eigenvalue weighted by Gasteiger charge is 2.32. The minimum atomic E-state index is 0.00935. The molecule has 3 N–H and O–H groups in total. The van der Waals surface area contributed by atoms with Crippen LogP contribution in [0.25, 0.3) is 0 Å². The first-order chi connectivity index (χ1) is 10.1. The molecule has 2 amide bonds. The molecule has 2 aliphatic rings. The van der Waals surface area contributed by atoms with E-state index in [1.54, 1.807) is 0 Å². The van der Waals surface area contributed by atoms with Gasteiger partial charge in [-0.1, -0.05) is 12.1 Å². The van der Waals surface area contributed by atoms with Gasteiger partial charge in [-0.2, -0.15) is 0 Å². The smallest absolute Gasteiger partial charge is 0.321 e. The van der Waals surface area contributed by atoms with Crippen LogP contribution in [0.3, 0.4) is 0 Å². The summed E-state index contributed by atoms with van der Waals surface area (Å²) in [7, 11) is 0. The molecular weight excluding hydrogens is 264 g/mol. The van der Waals surface area contributed by atoms with Gasteiger partial charge in [-0.05, 0) is 44.0 Å². The summed E-state index contributed by atoms with van der Waals surface area (Å²) in [6.45, 7) is 5.82. The molecule has 5 heteroatoms. The summed E-state index contributed by atoms with van der Waals surface area (Å²) < 4.78 is 0. The number of rotatable bonds is 2. The number of nitrogens with two attached hydrogens (primary N) is 1. The first-order valence-electron chi connectivity index (χ1n) is 7.79. The van der Waals surface area contributed by atoms with Crippen LogP contribution in [0, 0.1) is 0 Å². The Kier molecular flexibility index (Phi) is 4.12. The van der Waals surface area contributed by atoms with Gasteiger partial charge >= 0.3 is 6.03 Å². The normalized spacial score (nSPS) is 23.7. The second-order valence-corrected chi connectivity index (χ2v) is 6.12. The van der Waals surface area contributed by atoms with Crippen LogP contribution < -0.4 is 11.1 Å². The lowest BCUT2D eigenvalue weighted by Gasteiger charge is -2.37. The van der Waals surface area contributed by atoms with Crippen molar-refractivity contribution in [2.75, 3.05) is 31.5 Å². The lowest BCUT2D eigenvalue weighted by molar-refractivity contribution is 0.124. The van der Waals surface area contributed by atoms with Crippen LogP contribution in [0.1, 0.15) is 31.4 Å². The number of nitrogens with zero attached hydrogens (tertiary/aromatic N) is 2. The molecule has 0 radical (unpaired) electrons. The summed E-state index contributed by atoms with van der Waals surface area (Å²) in [5.41, 5.74) is 7.74. The van der Waals surface area contributed by atoms with Crippen LogP contribution in [0.5, 0.6) is 0 Å². The molecule has 2 aliphatic heterocycles. The number of anilines is 1. The van der Waals surface area contributed by atoms with Crippen molar-refractivity contribution in [3.63, 3.8) is 0 Å². The van der Waals surface area contributed by atoms with Crippen LogP contribution >= 0.6 is 0 Å². The molecule has 0 bridgehead atoms. The van der Waals surface area contributed by atoms with E-state index in [0.717, 1.165) is 30.9 Å². The lowest BCUT2D eigenvalue weighted by Crippen LogP contribution is -2.53. The molecular formula is C16H24N4O. The van der Waals surface area contributed by atoms with Gasteiger partial charge in [0.2, 0.25) is 0 Å². The Bertz CT molecular complexity index is 500. The second kappa shape index (κ2) is 6.03. The van der Waals surface area contributed by atoms with Crippen molar-refractivity contribution in [1.82, 2.24) is 9.80 Å². The van der Waals surface area contributed by atoms with Gasteiger partial charge in [0.1, 0.15) is 0 Å². The van der Waals surface area contributed by atoms with Crippen molar-refractivity contribution in [3.05, 3.63) is 29.8 Å². The molecule has 2 heterocycles. The fourth-order valence-electron chi connectivity index (χ4n) is 3.25. The van der Waals surface area contributed by atoms with Crippen molar-refractivity contribution >= 4 is 11.7 Å². The van der Waals surface area contributed by atoms with E-state index in [2.05, 4.69) is 10.2 Å². The Morgan fingerprint density at radius 3 is 2.76 bits per heavy atom. The monoisotopic (exact) mass is 288 g/mol. The van der Waals surface area contributed by atoms with E-state index in [1.807, 2.05) is 36.1 Å². The third-order valence-corrected chi connectivity index (χ3v) is 4.56. The Hall–Kier alpha value is -1.59. The fourth-order valence-corrected chi connectivity index (χ4v) is 3.25. The Balaban J connectivity index is 1.58. The standard InChI is InChI=1S/C16H24N4O/c1-12(17)13-4-6-14(7-5-13)18-16(21)20-10-9-19-8-2-3-15(19)11-20/h4-7,12,15H,2-3,8-11,17H2,1H3,(H,18,21). The van der Waals surface area contributed by atoms with E-state index in [0.29, 0.717) is 6.04 Å². The van der Waals surface area contributed by atoms with E-state index >= 15 is 0 Å². The van der Waals surface area contributed by atoms with Crippen LogP contribution in [0.2, 0.25) is 0 Å². The molecule has 0 spiro atoms. The molecule has 2 fully saturated rings. The summed E-state index contributed by atoms with van der Waals surface area (Å²) in [6, 6.07) is 8.36. The highest BCUT2D eigenvalue weighted by Crippen LogP contribution is 2.22. The molecule has 1 aromatic carbocycles. The number of piperazine rings is 1. The number of hydrogen-bond donors (Lipinski definition) is 2. The number of amides is 2. The number of nitrogens with one attached hydrogen (secondary N) is 1. The molecule has 114 valence electrons. The summed E-state index contributed by atoms with van der Waals surface area (Å²) in [6.07, 6.45) is 2.48. The second-order valence-electron chi connectivity index (χ2n) is 6.12. The molecule has 5 nitrogen and oxygen atoms in total. The maximum atomic E-state index is 12.3. The maximum Gasteiger partial charge on any atom is 0.321 e. The van der Waals surface area contributed by atoms with Crippen LogP contribution in [0.15, 0.2) is 24.3 Å². The highest BCUT2D eigenvalue weighted by molar-refractivity contribution is 5.89. The van der Waals surface area contributed by atoms with Gasteiger partial charge in [0.25, 0.3) is 0 Å². The predicted molar refractivity (Wildman–Crippen MR) is 84.2 cm³/mol. The van der Waals surface area contributed by atoms with E-state index in [1.165, 1.54) is 19.4 Å². The molecule has 0 aliphatic carbocycles. The number of benzene rings is 1. The quantitative estimate of drug-likeness (QED) is 0.875. The zero-order valence-corrected chi connectivity index (χ0v) is 12.6. The third kappa shape index (κ3) is 3.19. The average molecular weight is 288 g/mol. The number of carbonyl (C=O) groups excluding carboxylic acids is 1. The van der Waals surface area contributed by atoms with Crippen molar-refractivity contribution in [1.29, 1.82) is 0 Å². The Labute approximate surface area is 126 Å². The Morgan fingerprint density at radius 1 is 1.29 bits per heavy atom. The van der Waals surface area contributed by atoms with E-state index < -0.39 is 0 Å². The largest absolute Gasteiger partial charge is 0.324 e. The third-order valence-electron chi connectivity index (χ3n) is 4.56. The number of fused-ring (bicyclic) bond motifs is 1. The zero-order chi connectivity index (χ0) is 14.8. The van der Waals surface area contributed by atoms with Crippen molar-refractivity contribution < 1.29 is 4.79 Å². The lowest BCUT2D eigenvalue weighted by atomic mass is 10.1. The van der Waals surface area contributed by atoms with Gasteiger partial charge in [-0.25, -0.2) is 4.79 Å². The first-order valence-corrected chi connectivity index (χ1v) is 7.79. The van der Waals surface area contributed by atoms with Crippen LogP contribution in [-0.2, 0) is 0 Å². The van der Waals surface area contributed by atoms with E-state index in [9.17, 15) is 4.79 Å². The van der Waals surface area contributed by atoms with E-state index in [4.69, 9.17) is 5.73 Å². The minimum absolute atomic E-state index is 0.00935.